The van der Waals surface area contributed by atoms with Crippen LogP contribution in [0, 0.1) is 0 Å². The van der Waals surface area contributed by atoms with Gasteiger partial charge in [0.25, 0.3) is 5.56 Å². The van der Waals surface area contributed by atoms with Crippen LogP contribution >= 0.6 is 23.2 Å². The number of hydrogen-bond acceptors (Lipinski definition) is 6. The van der Waals surface area contributed by atoms with E-state index >= 15 is 0 Å². The molecule has 0 atom stereocenters. The van der Waals surface area contributed by atoms with Crippen LogP contribution < -0.4 is 31.6 Å². The molecule has 0 saturated carbocycles. The predicted molar refractivity (Wildman–Crippen MR) is 140 cm³/mol. The van der Waals surface area contributed by atoms with Crippen LogP contribution in [0.2, 0.25) is 10.0 Å². The standard InChI is InChI=1S/C23H19Cl2N7O5/c1-26-22(35)29-17-10-14(8-9-27-17)37-16-7-6-15(20(24)21(16)25)28-23(36)30-18-11-19(34)31-32(18)12-2-4-13(33)5-3-12/h2-11,33H,1H3,(H,31,34)(H2,28,30,36)(H2,26,27,29,35). The number of nitrogens with zero attached hydrogens (tertiary/aromatic N) is 2. The summed E-state index contributed by atoms with van der Waals surface area (Å²) >= 11 is 12.7. The highest BCUT2D eigenvalue weighted by Gasteiger charge is 2.16. The Morgan fingerprint density at radius 2 is 1.73 bits per heavy atom. The first-order valence-corrected chi connectivity index (χ1v) is 11.3. The van der Waals surface area contributed by atoms with Gasteiger partial charge in [0.2, 0.25) is 0 Å². The Balaban J connectivity index is 1.48. The zero-order chi connectivity index (χ0) is 26.5. The Morgan fingerprint density at radius 1 is 0.973 bits per heavy atom. The van der Waals surface area contributed by atoms with Crippen LogP contribution in [0.4, 0.5) is 26.9 Å². The first-order valence-electron chi connectivity index (χ1n) is 10.5. The summed E-state index contributed by atoms with van der Waals surface area (Å²) in [5.41, 5.74) is 0.237. The second-order valence-electron chi connectivity index (χ2n) is 7.36. The first kappa shape index (κ1) is 25.4. The van der Waals surface area contributed by atoms with Crippen molar-refractivity contribution in [3.8, 4) is 22.9 Å². The Kier molecular flexibility index (Phi) is 7.51. The molecular formula is C23H19Cl2N7O5. The van der Waals surface area contributed by atoms with E-state index in [1.54, 1.807) is 18.2 Å². The zero-order valence-electron chi connectivity index (χ0n) is 19.0. The molecule has 37 heavy (non-hydrogen) atoms. The monoisotopic (exact) mass is 543 g/mol. The summed E-state index contributed by atoms with van der Waals surface area (Å²) in [6.45, 7) is 0. The number of aromatic nitrogens is 3. The number of urea groups is 2. The first-order chi connectivity index (χ1) is 17.7. The lowest BCUT2D eigenvalue weighted by Gasteiger charge is -2.14. The minimum atomic E-state index is -0.697. The number of rotatable bonds is 6. The molecule has 4 rings (SSSR count). The van der Waals surface area contributed by atoms with E-state index in [2.05, 4.69) is 31.3 Å². The molecule has 0 aliphatic heterocycles. The fourth-order valence-electron chi connectivity index (χ4n) is 3.11. The van der Waals surface area contributed by atoms with Crippen molar-refractivity contribution in [1.29, 1.82) is 0 Å². The number of anilines is 3. The minimum absolute atomic E-state index is 0.0112. The van der Waals surface area contributed by atoms with Crippen molar-refractivity contribution in [3.05, 3.63) is 81.2 Å². The zero-order valence-corrected chi connectivity index (χ0v) is 20.5. The van der Waals surface area contributed by atoms with E-state index in [1.807, 2.05) is 0 Å². The number of benzene rings is 2. The van der Waals surface area contributed by atoms with Gasteiger partial charge in [-0.2, -0.15) is 0 Å². The second kappa shape index (κ2) is 10.9. The van der Waals surface area contributed by atoms with Crippen molar-refractivity contribution < 1.29 is 19.4 Å². The SMILES string of the molecule is CNC(=O)Nc1cc(Oc2ccc(NC(=O)Nc3cc(=O)[nH]n3-c3ccc(O)cc3)c(Cl)c2Cl)ccn1. The summed E-state index contributed by atoms with van der Waals surface area (Å²) in [7, 11) is 1.47. The molecule has 2 heterocycles. The quantitative estimate of drug-likeness (QED) is 0.205. The summed E-state index contributed by atoms with van der Waals surface area (Å²) in [5, 5.41) is 22.1. The van der Waals surface area contributed by atoms with E-state index in [4.69, 9.17) is 27.9 Å². The van der Waals surface area contributed by atoms with Crippen LogP contribution in [0.1, 0.15) is 0 Å². The predicted octanol–water partition coefficient (Wildman–Crippen LogP) is 4.76. The average molecular weight is 544 g/mol. The van der Waals surface area contributed by atoms with E-state index in [-0.39, 0.29) is 38.9 Å². The number of aromatic hydroxyl groups is 1. The molecule has 2 aromatic heterocycles. The molecule has 0 radical (unpaired) electrons. The number of amides is 4. The van der Waals surface area contributed by atoms with Crippen molar-refractivity contribution in [2.45, 2.75) is 0 Å². The Morgan fingerprint density at radius 3 is 2.46 bits per heavy atom. The van der Waals surface area contributed by atoms with Crippen LogP contribution in [-0.2, 0) is 0 Å². The molecule has 12 nitrogen and oxygen atoms in total. The van der Waals surface area contributed by atoms with E-state index in [0.717, 1.165) is 0 Å². The maximum atomic E-state index is 12.6. The molecule has 0 fully saturated rings. The Hall–Kier alpha value is -4.68. The molecule has 0 aliphatic rings. The highest BCUT2D eigenvalue weighted by Crippen LogP contribution is 2.39. The van der Waals surface area contributed by atoms with E-state index in [0.29, 0.717) is 11.4 Å². The number of aromatic amines is 1. The van der Waals surface area contributed by atoms with Gasteiger partial charge in [-0.1, -0.05) is 23.2 Å². The van der Waals surface area contributed by atoms with Gasteiger partial charge in [0.1, 0.15) is 33.9 Å². The number of phenolic OH excluding ortho intramolecular Hbond substituents is 1. The number of carbonyl (C=O) groups excluding carboxylic acids is 2. The third-order valence-corrected chi connectivity index (χ3v) is 5.67. The number of H-pyrrole nitrogens is 1. The summed E-state index contributed by atoms with van der Waals surface area (Å²) in [4.78, 5) is 40.0. The molecule has 14 heteroatoms. The van der Waals surface area contributed by atoms with Gasteiger partial charge < -0.3 is 20.5 Å². The highest BCUT2D eigenvalue weighted by molar-refractivity contribution is 6.45. The van der Waals surface area contributed by atoms with Crippen LogP contribution in [-0.4, -0.2) is 39.0 Å². The number of hydrogen-bond donors (Lipinski definition) is 6. The fourth-order valence-corrected chi connectivity index (χ4v) is 3.52. The number of ether oxygens (including phenoxy) is 1. The maximum Gasteiger partial charge on any atom is 0.324 e. The van der Waals surface area contributed by atoms with Crippen molar-refractivity contribution in [3.63, 3.8) is 0 Å². The molecular weight excluding hydrogens is 525 g/mol. The van der Waals surface area contributed by atoms with Crippen molar-refractivity contribution in [2.24, 2.45) is 0 Å². The van der Waals surface area contributed by atoms with Crippen LogP contribution in [0.5, 0.6) is 17.2 Å². The molecule has 4 aromatic rings. The van der Waals surface area contributed by atoms with Gasteiger partial charge in [0, 0.05) is 25.4 Å². The number of phenols is 1. The minimum Gasteiger partial charge on any atom is -0.508 e. The number of halogens is 2. The molecule has 0 spiro atoms. The molecule has 4 amide bonds. The van der Waals surface area contributed by atoms with Gasteiger partial charge in [-0.3, -0.25) is 20.5 Å². The lowest BCUT2D eigenvalue weighted by molar-refractivity contribution is 0.254. The number of carbonyl (C=O) groups is 2. The van der Waals surface area contributed by atoms with Crippen LogP contribution in [0.15, 0.2) is 65.6 Å². The van der Waals surface area contributed by atoms with Gasteiger partial charge in [0.15, 0.2) is 0 Å². The highest BCUT2D eigenvalue weighted by atomic mass is 35.5. The van der Waals surface area contributed by atoms with E-state index in [1.165, 1.54) is 54.3 Å². The van der Waals surface area contributed by atoms with Crippen molar-refractivity contribution >= 4 is 52.6 Å². The maximum absolute atomic E-state index is 12.6. The number of nitrogens with one attached hydrogen (secondary N) is 5. The number of pyridine rings is 1. The molecule has 6 N–H and O–H groups in total. The van der Waals surface area contributed by atoms with Crippen LogP contribution in [0.25, 0.3) is 5.69 Å². The molecule has 0 aliphatic carbocycles. The summed E-state index contributed by atoms with van der Waals surface area (Å²) in [5.74, 6) is 0.979. The van der Waals surface area contributed by atoms with Gasteiger partial charge in [-0.15, -0.1) is 0 Å². The average Bonchev–Trinajstić information content (AvgIpc) is 3.24. The van der Waals surface area contributed by atoms with Crippen molar-refractivity contribution in [1.82, 2.24) is 20.1 Å². The summed E-state index contributed by atoms with van der Waals surface area (Å²) in [6.07, 6.45) is 1.44. The lowest BCUT2D eigenvalue weighted by Crippen LogP contribution is -2.24. The summed E-state index contributed by atoms with van der Waals surface area (Å²) in [6, 6.07) is 12.1. The Labute approximate surface area is 219 Å². The largest absolute Gasteiger partial charge is 0.508 e. The molecule has 0 bridgehead atoms. The smallest absolute Gasteiger partial charge is 0.324 e. The lowest BCUT2D eigenvalue weighted by atomic mass is 10.3. The molecule has 0 unspecified atom stereocenters. The van der Waals surface area contributed by atoms with Gasteiger partial charge in [0.05, 0.1) is 16.4 Å². The Bertz CT molecular complexity index is 1520. The van der Waals surface area contributed by atoms with Gasteiger partial charge in [-0.05, 0) is 42.5 Å². The normalized spacial score (nSPS) is 10.5. The fraction of sp³-hybridized carbons (Fsp3) is 0.0435. The topological polar surface area (TPSA) is 162 Å². The molecule has 2 aromatic carbocycles. The molecule has 190 valence electrons. The van der Waals surface area contributed by atoms with E-state index < -0.39 is 17.6 Å². The third kappa shape index (κ3) is 6.12. The third-order valence-electron chi connectivity index (χ3n) is 4.80. The van der Waals surface area contributed by atoms with Gasteiger partial charge >= 0.3 is 12.1 Å². The second-order valence-corrected chi connectivity index (χ2v) is 8.11. The van der Waals surface area contributed by atoms with Gasteiger partial charge in [-0.25, -0.2) is 19.3 Å². The van der Waals surface area contributed by atoms with Crippen molar-refractivity contribution in [2.75, 3.05) is 23.0 Å². The van der Waals surface area contributed by atoms with E-state index in [9.17, 15) is 19.5 Å². The van der Waals surface area contributed by atoms with Crippen LogP contribution in [0.3, 0.4) is 0 Å². The summed E-state index contributed by atoms with van der Waals surface area (Å²) < 4.78 is 7.10. The molecule has 0 saturated heterocycles.